The summed E-state index contributed by atoms with van der Waals surface area (Å²) in [5.41, 5.74) is 3.02. The van der Waals surface area contributed by atoms with Crippen molar-refractivity contribution in [2.24, 2.45) is 0 Å². The summed E-state index contributed by atoms with van der Waals surface area (Å²) in [6, 6.07) is 14.5. The molecule has 1 aliphatic heterocycles. The summed E-state index contributed by atoms with van der Waals surface area (Å²) in [4.78, 5) is 27.8. The minimum atomic E-state index is -0.376. The molecule has 0 fully saturated rings. The van der Waals surface area contributed by atoms with Gasteiger partial charge >= 0.3 is 0 Å². The van der Waals surface area contributed by atoms with Gasteiger partial charge in [-0.2, -0.15) is 0 Å². The summed E-state index contributed by atoms with van der Waals surface area (Å²) in [5, 5.41) is 8.57. The second kappa shape index (κ2) is 7.64. The first kappa shape index (κ1) is 18.4. The van der Waals surface area contributed by atoms with Gasteiger partial charge in [-0.25, -0.2) is 0 Å². The maximum atomic E-state index is 12.7. The predicted molar refractivity (Wildman–Crippen MR) is 111 cm³/mol. The van der Waals surface area contributed by atoms with Gasteiger partial charge in [0.1, 0.15) is 0 Å². The molecule has 0 saturated heterocycles. The number of benzene rings is 1. The quantitative estimate of drug-likeness (QED) is 0.528. The van der Waals surface area contributed by atoms with E-state index in [-0.39, 0.29) is 17.5 Å². The molecule has 0 spiro atoms. The molecule has 7 nitrogen and oxygen atoms in total. The van der Waals surface area contributed by atoms with Crippen LogP contribution in [-0.4, -0.2) is 28.4 Å². The summed E-state index contributed by atoms with van der Waals surface area (Å²) >= 11 is 1.45. The molecule has 1 N–H and O–H groups in total. The van der Waals surface area contributed by atoms with Crippen molar-refractivity contribution in [3.63, 3.8) is 0 Å². The Bertz CT molecular complexity index is 1200. The fraction of sp³-hybridized carbons (Fsp3) is 0.136. The van der Waals surface area contributed by atoms with Gasteiger partial charge in [-0.15, -0.1) is 11.3 Å². The zero-order valence-electron chi connectivity index (χ0n) is 15.8. The van der Waals surface area contributed by atoms with Crippen LogP contribution in [0, 0.1) is 0 Å². The van der Waals surface area contributed by atoms with Gasteiger partial charge in [0.15, 0.2) is 11.5 Å². The van der Waals surface area contributed by atoms with Crippen molar-refractivity contribution < 1.29 is 18.5 Å². The van der Waals surface area contributed by atoms with Crippen LogP contribution in [0.2, 0.25) is 0 Å². The molecule has 8 heteroatoms. The molecule has 4 aromatic rings. The number of carbonyl (C=O) groups is 2. The highest BCUT2D eigenvalue weighted by molar-refractivity contribution is 7.12. The minimum absolute atomic E-state index is 0.0399. The Morgan fingerprint density at radius 2 is 2.00 bits per heavy atom. The Kier molecular flexibility index (Phi) is 4.68. The lowest BCUT2D eigenvalue weighted by molar-refractivity contribution is 0.0739. The van der Waals surface area contributed by atoms with Crippen molar-refractivity contribution >= 4 is 28.8 Å². The topological polar surface area (TPSA) is 88.6 Å². The van der Waals surface area contributed by atoms with E-state index in [1.807, 2.05) is 40.6 Å². The molecule has 5 rings (SSSR count). The number of nitrogens with one attached hydrogen (secondary N) is 1. The maximum absolute atomic E-state index is 12.7. The largest absolute Gasteiger partial charge is 0.461 e. The van der Waals surface area contributed by atoms with Crippen molar-refractivity contribution in [3.8, 4) is 11.5 Å². The van der Waals surface area contributed by atoms with Crippen molar-refractivity contribution in [2.45, 2.75) is 13.0 Å². The third kappa shape index (κ3) is 3.53. The highest BCUT2D eigenvalue weighted by Gasteiger charge is 2.23. The summed E-state index contributed by atoms with van der Waals surface area (Å²) in [6.07, 6.45) is 2.31. The van der Waals surface area contributed by atoms with Crippen molar-refractivity contribution in [3.05, 3.63) is 81.9 Å². The van der Waals surface area contributed by atoms with E-state index in [9.17, 15) is 9.59 Å². The third-order valence-corrected chi connectivity index (χ3v) is 5.86. The molecule has 150 valence electrons. The van der Waals surface area contributed by atoms with Crippen LogP contribution in [0.15, 0.2) is 69.1 Å². The van der Waals surface area contributed by atoms with E-state index in [1.165, 1.54) is 29.2 Å². The molecular formula is C22H17N3O4S. The molecule has 0 radical (unpaired) electrons. The van der Waals surface area contributed by atoms with Crippen LogP contribution in [0.5, 0.6) is 0 Å². The van der Waals surface area contributed by atoms with Crippen molar-refractivity contribution in [1.82, 2.24) is 10.1 Å². The van der Waals surface area contributed by atoms with E-state index in [2.05, 4.69) is 10.5 Å². The number of thiophene rings is 1. The Morgan fingerprint density at radius 1 is 1.07 bits per heavy atom. The lowest BCUT2D eigenvalue weighted by Crippen LogP contribution is -2.35. The van der Waals surface area contributed by atoms with Crippen LogP contribution in [0.3, 0.4) is 0 Å². The molecule has 2 amide bonds. The number of amides is 2. The van der Waals surface area contributed by atoms with Gasteiger partial charge in [0, 0.05) is 24.8 Å². The van der Waals surface area contributed by atoms with E-state index in [0.29, 0.717) is 30.3 Å². The van der Waals surface area contributed by atoms with Gasteiger partial charge in [0.05, 0.1) is 11.1 Å². The lowest BCUT2D eigenvalue weighted by atomic mass is 9.99. The minimum Gasteiger partial charge on any atom is -0.461 e. The molecule has 0 unspecified atom stereocenters. The molecule has 0 saturated carbocycles. The van der Waals surface area contributed by atoms with Crippen molar-refractivity contribution in [1.29, 1.82) is 0 Å². The standard InChI is InChI=1S/C22H17N3O4S/c26-21(17-12-19(29-24-17)18-3-1-9-28-18)23-16-6-5-14-7-8-25(13-15(14)11-16)22(27)20-4-2-10-30-20/h1-6,9-12H,7-8,13H2,(H,23,26). The first-order valence-corrected chi connectivity index (χ1v) is 10.3. The lowest BCUT2D eigenvalue weighted by Gasteiger charge is -2.29. The number of carbonyl (C=O) groups excluding carboxylic acids is 2. The van der Waals surface area contributed by atoms with Crippen LogP contribution in [0.4, 0.5) is 5.69 Å². The van der Waals surface area contributed by atoms with E-state index in [1.54, 1.807) is 12.1 Å². The van der Waals surface area contributed by atoms with Crippen LogP contribution in [0.1, 0.15) is 31.3 Å². The fourth-order valence-corrected chi connectivity index (χ4v) is 4.17. The van der Waals surface area contributed by atoms with E-state index in [4.69, 9.17) is 8.94 Å². The highest BCUT2D eigenvalue weighted by atomic mass is 32.1. The number of rotatable bonds is 4. The zero-order chi connectivity index (χ0) is 20.5. The molecule has 1 aromatic carbocycles. The van der Waals surface area contributed by atoms with Crippen LogP contribution >= 0.6 is 11.3 Å². The summed E-state index contributed by atoms with van der Waals surface area (Å²) in [5.74, 6) is 0.557. The number of fused-ring (bicyclic) bond motifs is 1. The number of anilines is 1. The number of hydrogen-bond acceptors (Lipinski definition) is 6. The summed E-state index contributed by atoms with van der Waals surface area (Å²) < 4.78 is 10.4. The number of furan rings is 1. The Morgan fingerprint density at radius 3 is 2.80 bits per heavy atom. The number of aromatic nitrogens is 1. The molecule has 4 heterocycles. The Hall–Kier alpha value is -3.65. The Labute approximate surface area is 175 Å². The second-order valence-corrected chi connectivity index (χ2v) is 7.89. The molecule has 0 bridgehead atoms. The smallest absolute Gasteiger partial charge is 0.277 e. The third-order valence-electron chi connectivity index (χ3n) is 5.00. The number of hydrogen-bond donors (Lipinski definition) is 1. The van der Waals surface area contributed by atoms with E-state index < -0.39 is 0 Å². The normalized spacial score (nSPS) is 13.1. The monoisotopic (exact) mass is 419 g/mol. The fourth-order valence-electron chi connectivity index (χ4n) is 3.48. The van der Waals surface area contributed by atoms with Crippen molar-refractivity contribution in [2.75, 3.05) is 11.9 Å². The predicted octanol–water partition coefficient (Wildman–Crippen LogP) is 4.45. The number of nitrogens with zero attached hydrogens (tertiary/aromatic N) is 2. The first-order chi connectivity index (χ1) is 14.7. The maximum Gasteiger partial charge on any atom is 0.277 e. The highest BCUT2D eigenvalue weighted by Crippen LogP contribution is 2.26. The first-order valence-electron chi connectivity index (χ1n) is 9.44. The zero-order valence-corrected chi connectivity index (χ0v) is 16.6. The van der Waals surface area contributed by atoms with Gasteiger partial charge in [0.2, 0.25) is 5.76 Å². The van der Waals surface area contributed by atoms with E-state index in [0.717, 1.165) is 16.9 Å². The molecule has 0 aliphatic carbocycles. The summed E-state index contributed by atoms with van der Waals surface area (Å²) in [6.45, 7) is 1.20. The molecule has 3 aromatic heterocycles. The average Bonchev–Trinajstić information content (AvgIpc) is 3.54. The van der Waals surface area contributed by atoms with Gasteiger partial charge in [-0.3, -0.25) is 9.59 Å². The van der Waals surface area contributed by atoms with Crippen LogP contribution < -0.4 is 5.32 Å². The Balaban J connectivity index is 1.30. The molecular weight excluding hydrogens is 402 g/mol. The van der Waals surface area contributed by atoms with Crippen LogP contribution in [-0.2, 0) is 13.0 Å². The average molecular weight is 419 g/mol. The van der Waals surface area contributed by atoms with Gasteiger partial charge in [0.25, 0.3) is 11.8 Å². The SMILES string of the molecule is O=C(Nc1ccc2c(c1)CN(C(=O)c1cccs1)CC2)c1cc(-c2ccco2)on1. The molecule has 30 heavy (non-hydrogen) atoms. The summed E-state index contributed by atoms with van der Waals surface area (Å²) in [7, 11) is 0. The van der Waals surface area contributed by atoms with Crippen LogP contribution in [0.25, 0.3) is 11.5 Å². The van der Waals surface area contributed by atoms with Gasteiger partial charge < -0.3 is 19.2 Å². The molecule has 0 atom stereocenters. The molecule has 1 aliphatic rings. The van der Waals surface area contributed by atoms with Gasteiger partial charge in [-0.1, -0.05) is 17.3 Å². The second-order valence-electron chi connectivity index (χ2n) is 6.95. The van der Waals surface area contributed by atoms with E-state index >= 15 is 0 Å². The van der Waals surface area contributed by atoms with Gasteiger partial charge in [-0.05, 0) is 53.3 Å².